The van der Waals surface area contributed by atoms with Gasteiger partial charge in [0, 0.05) is 30.4 Å². The van der Waals surface area contributed by atoms with E-state index in [2.05, 4.69) is 13.2 Å². The highest BCUT2D eigenvalue weighted by atomic mass is 16.6. The van der Waals surface area contributed by atoms with E-state index in [9.17, 15) is 14.4 Å². The highest BCUT2D eigenvalue weighted by molar-refractivity contribution is 6.01. The Balaban J connectivity index is 2.07. The molecule has 132 valence electrons. The number of carbonyl (C=O) groups is 3. The molecule has 5 heteroatoms. The fourth-order valence-electron chi connectivity index (χ4n) is 3.78. The van der Waals surface area contributed by atoms with Crippen LogP contribution in [0.25, 0.3) is 0 Å². The minimum Gasteiger partial charge on any atom is -0.479 e. The minimum atomic E-state index is -1.12. The molecule has 1 fully saturated rings. The summed E-state index contributed by atoms with van der Waals surface area (Å²) in [7, 11) is 0. The van der Waals surface area contributed by atoms with Crippen LogP contribution in [0.15, 0.2) is 47.8 Å². The molecular weight excluding hydrogens is 320 g/mol. The van der Waals surface area contributed by atoms with Crippen LogP contribution < -0.4 is 0 Å². The summed E-state index contributed by atoms with van der Waals surface area (Å²) < 4.78 is 11.5. The first-order chi connectivity index (χ1) is 11.6. The maximum atomic E-state index is 12.5. The Morgan fingerprint density at radius 2 is 2.08 bits per heavy atom. The van der Waals surface area contributed by atoms with Crippen LogP contribution in [0, 0.1) is 11.8 Å². The number of esters is 1. The van der Waals surface area contributed by atoms with Gasteiger partial charge in [0.15, 0.2) is 11.4 Å². The standard InChI is InChI=1S/C20H22O5/c1-10(2)19(23)24-16-9-20(5)17(22)8-15(25-20)11(3)6-13-7-14(21)12(4)18(13)16/h6,8,13,16,18H,1,4,7,9H2,2-3,5H3. The van der Waals surface area contributed by atoms with Crippen LogP contribution in [0.5, 0.6) is 0 Å². The van der Waals surface area contributed by atoms with E-state index < -0.39 is 17.7 Å². The van der Waals surface area contributed by atoms with Gasteiger partial charge in [-0.1, -0.05) is 19.2 Å². The molecule has 25 heavy (non-hydrogen) atoms. The Kier molecular flexibility index (Phi) is 4.06. The van der Waals surface area contributed by atoms with Gasteiger partial charge in [-0.2, -0.15) is 0 Å². The Bertz CT molecular complexity index is 769. The van der Waals surface area contributed by atoms with Crippen molar-refractivity contribution >= 4 is 17.5 Å². The van der Waals surface area contributed by atoms with E-state index >= 15 is 0 Å². The number of allylic oxidation sites excluding steroid dienone is 2. The molecule has 0 spiro atoms. The largest absolute Gasteiger partial charge is 0.479 e. The third-order valence-electron chi connectivity index (χ3n) is 5.21. The molecule has 3 rings (SSSR count). The molecule has 0 N–H and O–H groups in total. The predicted molar refractivity (Wildman–Crippen MR) is 91.4 cm³/mol. The number of hydrogen-bond acceptors (Lipinski definition) is 5. The van der Waals surface area contributed by atoms with E-state index in [4.69, 9.17) is 9.47 Å². The third-order valence-corrected chi connectivity index (χ3v) is 5.21. The van der Waals surface area contributed by atoms with Crippen molar-refractivity contribution in [2.45, 2.75) is 45.3 Å². The number of Topliss-reactive ketones (excluding diaryl/α,β-unsaturated/α-hetero) is 1. The van der Waals surface area contributed by atoms with Crippen molar-refractivity contribution in [3.63, 3.8) is 0 Å². The molecule has 4 unspecified atom stereocenters. The summed E-state index contributed by atoms with van der Waals surface area (Å²) >= 11 is 0. The van der Waals surface area contributed by atoms with Crippen LogP contribution in [0.3, 0.4) is 0 Å². The van der Waals surface area contributed by atoms with Gasteiger partial charge in [-0.15, -0.1) is 0 Å². The summed E-state index contributed by atoms with van der Waals surface area (Å²) in [6, 6.07) is 0. The number of carbonyl (C=O) groups excluding carboxylic acids is 3. The van der Waals surface area contributed by atoms with Crippen molar-refractivity contribution in [1.82, 2.24) is 0 Å². The molecule has 4 atom stereocenters. The summed E-state index contributed by atoms with van der Waals surface area (Å²) in [5.74, 6) is -0.722. The van der Waals surface area contributed by atoms with Gasteiger partial charge in [0.1, 0.15) is 11.9 Å². The molecule has 0 aromatic rings. The number of rotatable bonds is 2. The van der Waals surface area contributed by atoms with Crippen LogP contribution >= 0.6 is 0 Å². The molecule has 5 nitrogen and oxygen atoms in total. The van der Waals surface area contributed by atoms with Crippen molar-refractivity contribution < 1.29 is 23.9 Å². The highest BCUT2D eigenvalue weighted by Crippen LogP contribution is 2.45. The second-order valence-electron chi connectivity index (χ2n) is 7.33. The van der Waals surface area contributed by atoms with Gasteiger partial charge in [-0.05, 0) is 37.8 Å². The first-order valence-corrected chi connectivity index (χ1v) is 8.35. The first kappa shape index (κ1) is 17.4. The quantitative estimate of drug-likeness (QED) is 0.570. The van der Waals surface area contributed by atoms with E-state index in [0.29, 0.717) is 17.8 Å². The Labute approximate surface area is 147 Å². The van der Waals surface area contributed by atoms with Crippen LogP contribution in [-0.4, -0.2) is 29.2 Å². The molecule has 2 bridgehead atoms. The third kappa shape index (κ3) is 2.88. The molecule has 0 amide bonds. The maximum absolute atomic E-state index is 12.5. The number of fused-ring (bicyclic) bond motifs is 3. The molecule has 1 aliphatic carbocycles. The Morgan fingerprint density at radius 3 is 2.72 bits per heavy atom. The lowest BCUT2D eigenvalue weighted by molar-refractivity contribution is -0.152. The van der Waals surface area contributed by atoms with Gasteiger partial charge >= 0.3 is 5.97 Å². The van der Waals surface area contributed by atoms with Gasteiger partial charge in [-0.3, -0.25) is 9.59 Å². The van der Waals surface area contributed by atoms with E-state index in [1.54, 1.807) is 13.8 Å². The van der Waals surface area contributed by atoms with Crippen molar-refractivity contribution in [1.29, 1.82) is 0 Å². The van der Waals surface area contributed by atoms with Crippen LogP contribution in [0.1, 0.15) is 33.6 Å². The SMILES string of the molecule is C=C(C)C(=O)OC1CC2(C)OC(=CC2=O)C(C)=CC2CC(=O)C(=C)C21. The zero-order valence-electron chi connectivity index (χ0n) is 14.8. The van der Waals surface area contributed by atoms with Gasteiger partial charge in [0.2, 0.25) is 5.78 Å². The van der Waals surface area contributed by atoms with Crippen LogP contribution in [0.4, 0.5) is 0 Å². The first-order valence-electron chi connectivity index (χ1n) is 8.35. The van der Waals surface area contributed by atoms with E-state index in [1.165, 1.54) is 6.08 Å². The lowest BCUT2D eigenvalue weighted by Crippen LogP contribution is -2.42. The predicted octanol–water partition coefficient (Wildman–Crippen LogP) is 2.83. The van der Waals surface area contributed by atoms with Gasteiger partial charge in [-0.25, -0.2) is 4.79 Å². The monoisotopic (exact) mass is 342 g/mol. The van der Waals surface area contributed by atoms with E-state index in [0.717, 1.165) is 5.57 Å². The van der Waals surface area contributed by atoms with Gasteiger partial charge in [0.05, 0.1) is 0 Å². The zero-order valence-corrected chi connectivity index (χ0v) is 14.8. The van der Waals surface area contributed by atoms with Crippen molar-refractivity contribution in [3.05, 3.63) is 47.8 Å². The Hall–Kier alpha value is -2.43. The lowest BCUT2D eigenvalue weighted by atomic mass is 9.81. The average Bonchev–Trinajstić information content (AvgIpc) is 2.96. The summed E-state index contributed by atoms with van der Waals surface area (Å²) in [6.45, 7) is 12.6. The second-order valence-corrected chi connectivity index (χ2v) is 7.33. The smallest absolute Gasteiger partial charge is 0.333 e. The van der Waals surface area contributed by atoms with Gasteiger partial charge in [0.25, 0.3) is 0 Å². The molecule has 2 aliphatic heterocycles. The Morgan fingerprint density at radius 1 is 1.40 bits per heavy atom. The minimum absolute atomic E-state index is 0.0327. The molecule has 0 aromatic carbocycles. The van der Waals surface area contributed by atoms with Crippen molar-refractivity contribution in [2.24, 2.45) is 11.8 Å². The number of ether oxygens (including phenoxy) is 2. The molecular formula is C20H22O5. The summed E-state index contributed by atoms with van der Waals surface area (Å²) in [6.07, 6.45) is 3.21. The maximum Gasteiger partial charge on any atom is 0.333 e. The molecule has 2 heterocycles. The molecule has 3 aliphatic rings. The highest BCUT2D eigenvalue weighted by Gasteiger charge is 2.50. The summed E-state index contributed by atoms with van der Waals surface area (Å²) in [4.78, 5) is 36.9. The lowest BCUT2D eigenvalue weighted by Gasteiger charge is -2.32. The summed E-state index contributed by atoms with van der Waals surface area (Å²) in [5.41, 5.74) is 0.393. The molecule has 0 aromatic heterocycles. The molecule has 0 radical (unpaired) electrons. The average molecular weight is 342 g/mol. The van der Waals surface area contributed by atoms with Gasteiger partial charge < -0.3 is 9.47 Å². The molecule has 0 saturated heterocycles. The summed E-state index contributed by atoms with van der Waals surface area (Å²) in [5, 5.41) is 0. The number of ketones is 2. The van der Waals surface area contributed by atoms with Crippen molar-refractivity contribution in [3.8, 4) is 0 Å². The van der Waals surface area contributed by atoms with E-state index in [1.807, 2.05) is 13.0 Å². The fourth-order valence-corrected chi connectivity index (χ4v) is 3.78. The van der Waals surface area contributed by atoms with E-state index in [-0.39, 0.29) is 35.4 Å². The normalized spacial score (nSPS) is 34.2. The topological polar surface area (TPSA) is 69.7 Å². The second kappa shape index (κ2) is 5.83. The van der Waals surface area contributed by atoms with Crippen LogP contribution in [0.2, 0.25) is 0 Å². The molecule has 1 saturated carbocycles. The van der Waals surface area contributed by atoms with Crippen molar-refractivity contribution in [2.75, 3.05) is 0 Å². The zero-order chi connectivity index (χ0) is 18.5. The fraction of sp³-hybridized carbons (Fsp3) is 0.450. The number of hydrogen-bond donors (Lipinski definition) is 0. The van der Waals surface area contributed by atoms with Crippen LogP contribution in [-0.2, 0) is 23.9 Å².